The smallest absolute Gasteiger partial charge is 0.244 e. The molecule has 2 amide bonds. The van der Waals surface area contributed by atoms with Crippen LogP contribution in [0.1, 0.15) is 36.7 Å². The molecule has 0 fully saturated rings. The molecule has 1 N–H and O–H groups in total. The number of benzene rings is 2. The molecular weight excluding hydrogens is 316 g/mol. The summed E-state index contributed by atoms with van der Waals surface area (Å²) < 4.78 is 0. The molecule has 2 aromatic carbocycles. The van der Waals surface area contributed by atoms with Crippen LogP contribution < -0.4 is 10.2 Å². The first-order chi connectivity index (χ1) is 11.9. The summed E-state index contributed by atoms with van der Waals surface area (Å²) in [5.41, 5.74) is 3.02. The van der Waals surface area contributed by atoms with Gasteiger partial charge in [0.2, 0.25) is 11.8 Å². The number of ketones is 1. The van der Waals surface area contributed by atoms with Gasteiger partial charge in [-0.05, 0) is 55.3 Å². The number of amides is 2. The third-order valence-electron chi connectivity index (χ3n) is 3.91. The quantitative estimate of drug-likeness (QED) is 0.821. The van der Waals surface area contributed by atoms with Gasteiger partial charge in [0.25, 0.3) is 0 Å². The Balaban J connectivity index is 2.08. The van der Waals surface area contributed by atoms with Crippen molar-refractivity contribution in [2.24, 2.45) is 0 Å². The van der Waals surface area contributed by atoms with Crippen LogP contribution in [0, 0.1) is 0 Å². The van der Waals surface area contributed by atoms with Crippen LogP contribution in [0.5, 0.6) is 0 Å². The van der Waals surface area contributed by atoms with Gasteiger partial charge < -0.3 is 10.2 Å². The first kappa shape index (κ1) is 18.4. The number of rotatable bonds is 6. The third kappa shape index (κ3) is 5.01. The molecule has 0 heterocycles. The molecule has 0 aromatic heterocycles. The van der Waals surface area contributed by atoms with Crippen molar-refractivity contribution < 1.29 is 14.4 Å². The fourth-order valence-corrected chi connectivity index (χ4v) is 2.43. The lowest BCUT2D eigenvalue weighted by Crippen LogP contribution is -2.36. The number of aryl methyl sites for hydroxylation is 1. The zero-order valence-electron chi connectivity index (χ0n) is 14.7. The van der Waals surface area contributed by atoms with E-state index in [0.29, 0.717) is 16.9 Å². The first-order valence-corrected chi connectivity index (χ1v) is 8.18. The molecular formula is C20H22N2O3. The van der Waals surface area contributed by atoms with E-state index in [1.54, 1.807) is 24.3 Å². The van der Waals surface area contributed by atoms with Crippen LogP contribution in [0.25, 0.3) is 0 Å². The van der Waals surface area contributed by atoms with Crippen molar-refractivity contribution in [3.8, 4) is 0 Å². The van der Waals surface area contributed by atoms with Gasteiger partial charge in [0.1, 0.15) is 6.54 Å². The minimum absolute atomic E-state index is 0.0470. The summed E-state index contributed by atoms with van der Waals surface area (Å²) in [4.78, 5) is 36.9. The predicted octanol–water partition coefficient (Wildman–Crippen LogP) is 3.44. The molecule has 130 valence electrons. The summed E-state index contributed by atoms with van der Waals surface area (Å²) in [6, 6.07) is 14.2. The van der Waals surface area contributed by atoms with E-state index in [-0.39, 0.29) is 24.1 Å². The largest absolute Gasteiger partial charge is 0.325 e. The highest BCUT2D eigenvalue weighted by Crippen LogP contribution is 2.17. The monoisotopic (exact) mass is 338 g/mol. The van der Waals surface area contributed by atoms with E-state index in [9.17, 15) is 14.4 Å². The number of Topliss-reactive ketones (excluding diaryl/α,β-unsaturated/α-hetero) is 1. The van der Waals surface area contributed by atoms with Crippen LogP contribution in [0.2, 0.25) is 0 Å². The van der Waals surface area contributed by atoms with Crippen LogP contribution >= 0.6 is 0 Å². The van der Waals surface area contributed by atoms with Crippen molar-refractivity contribution in [1.29, 1.82) is 0 Å². The Bertz CT molecular complexity index is 765. The minimum atomic E-state index is -0.282. The second kappa shape index (κ2) is 8.24. The lowest BCUT2D eigenvalue weighted by atomic mass is 10.1. The number of carbonyl (C=O) groups is 3. The highest BCUT2D eigenvalue weighted by Gasteiger charge is 2.16. The van der Waals surface area contributed by atoms with Gasteiger partial charge in [0, 0.05) is 23.9 Å². The van der Waals surface area contributed by atoms with E-state index in [1.807, 2.05) is 24.3 Å². The summed E-state index contributed by atoms with van der Waals surface area (Å²) in [6.45, 7) is 4.86. The molecule has 0 unspecified atom stereocenters. The summed E-state index contributed by atoms with van der Waals surface area (Å²) in [5.74, 6) is -0.573. The first-order valence-electron chi connectivity index (χ1n) is 8.18. The zero-order valence-corrected chi connectivity index (χ0v) is 14.7. The lowest BCUT2D eigenvalue weighted by Gasteiger charge is -2.21. The molecule has 0 aliphatic carbocycles. The van der Waals surface area contributed by atoms with E-state index in [1.165, 1.54) is 24.3 Å². The van der Waals surface area contributed by atoms with Crippen molar-refractivity contribution in [3.05, 3.63) is 59.7 Å². The average Bonchev–Trinajstić information content (AvgIpc) is 2.60. The fourth-order valence-electron chi connectivity index (χ4n) is 2.43. The number of nitrogens with one attached hydrogen (secondary N) is 1. The highest BCUT2D eigenvalue weighted by atomic mass is 16.2. The molecule has 0 aliphatic rings. The highest BCUT2D eigenvalue weighted by molar-refractivity contribution is 6.02. The van der Waals surface area contributed by atoms with E-state index < -0.39 is 0 Å². The molecule has 0 saturated carbocycles. The Labute approximate surface area is 147 Å². The SMILES string of the molecule is CCc1ccc(NC(=O)CN(C(C)=O)c2ccc(C(C)=O)cc2)cc1. The van der Waals surface area contributed by atoms with Crippen LogP contribution in [0.4, 0.5) is 11.4 Å². The van der Waals surface area contributed by atoms with Crippen LogP contribution in [-0.4, -0.2) is 24.1 Å². The second-order valence-electron chi connectivity index (χ2n) is 5.81. The molecule has 0 atom stereocenters. The number of hydrogen-bond donors (Lipinski definition) is 1. The number of nitrogens with zero attached hydrogens (tertiary/aromatic N) is 1. The van der Waals surface area contributed by atoms with Gasteiger partial charge in [0.05, 0.1) is 0 Å². The van der Waals surface area contributed by atoms with Crippen molar-refractivity contribution in [2.45, 2.75) is 27.2 Å². The summed E-state index contributed by atoms with van der Waals surface area (Å²) in [7, 11) is 0. The van der Waals surface area contributed by atoms with Gasteiger partial charge in [-0.15, -0.1) is 0 Å². The van der Waals surface area contributed by atoms with Crippen LogP contribution in [0.3, 0.4) is 0 Å². The topological polar surface area (TPSA) is 66.5 Å². The molecule has 0 saturated heterocycles. The Hall–Kier alpha value is -2.95. The number of carbonyl (C=O) groups excluding carboxylic acids is 3. The molecule has 2 aromatic rings. The van der Waals surface area contributed by atoms with Crippen LogP contribution in [-0.2, 0) is 16.0 Å². The Kier molecular flexibility index (Phi) is 6.06. The maximum atomic E-state index is 12.3. The van der Waals surface area contributed by atoms with E-state index in [2.05, 4.69) is 12.2 Å². The standard InChI is InChI=1S/C20H22N2O3/c1-4-16-5-9-18(10-6-16)21-20(25)13-22(15(3)24)19-11-7-17(8-12-19)14(2)23/h5-12H,4,13H2,1-3H3,(H,21,25). The average molecular weight is 338 g/mol. The number of hydrogen-bond acceptors (Lipinski definition) is 3. The summed E-state index contributed by atoms with van der Waals surface area (Å²) >= 11 is 0. The molecule has 0 spiro atoms. The molecule has 25 heavy (non-hydrogen) atoms. The fraction of sp³-hybridized carbons (Fsp3) is 0.250. The van der Waals surface area contributed by atoms with E-state index in [0.717, 1.165) is 6.42 Å². The Morgan fingerprint density at radius 1 is 0.920 bits per heavy atom. The Morgan fingerprint density at radius 3 is 2.00 bits per heavy atom. The molecule has 0 bridgehead atoms. The zero-order chi connectivity index (χ0) is 18.4. The predicted molar refractivity (Wildman–Crippen MR) is 98.9 cm³/mol. The molecule has 5 nitrogen and oxygen atoms in total. The van der Waals surface area contributed by atoms with Crippen molar-refractivity contribution >= 4 is 29.0 Å². The third-order valence-corrected chi connectivity index (χ3v) is 3.91. The normalized spacial score (nSPS) is 10.2. The molecule has 0 radical (unpaired) electrons. The molecule has 0 aliphatic heterocycles. The summed E-state index contributed by atoms with van der Waals surface area (Å²) in [5, 5.41) is 2.79. The van der Waals surface area contributed by atoms with Gasteiger partial charge in [-0.3, -0.25) is 14.4 Å². The van der Waals surface area contributed by atoms with Gasteiger partial charge in [0.15, 0.2) is 5.78 Å². The van der Waals surface area contributed by atoms with Crippen LogP contribution in [0.15, 0.2) is 48.5 Å². The Morgan fingerprint density at radius 2 is 1.52 bits per heavy atom. The van der Waals surface area contributed by atoms with Gasteiger partial charge in [-0.1, -0.05) is 19.1 Å². The number of anilines is 2. The maximum Gasteiger partial charge on any atom is 0.244 e. The minimum Gasteiger partial charge on any atom is -0.325 e. The second-order valence-corrected chi connectivity index (χ2v) is 5.81. The molecule has 5 heteroatoms. The van der Waals surface area contributed by atoms with E-state index in [4.69, 9.17) is 0 Å². The van der Waals surface area contributed by atoms with Crippen molar-refractivity contribution in [3.63, 3.8) is 0 Å². The van der Waals surface area contributed by atoms with Gasteiger partial charge in [-0.25, -0.2) is 0 Å². The maximum absolute atomic E-state index is 12.3. The lowest BCUT2D eigenvalue weighted by molar-refractivity contribution is -0.120. The van der Waals surface area contributed by atoms with Crippen molar-refractivity contribution in [1.82, 2.24) is 0 Å². The van der Waals surface area contributed by atoms with Gasteiger partial charge in [-0.2, -0.15) is 0 Å². The molecule has 2 rings (SSSR count). The van der Waals surface area contributed by atoms with Gasteiger partial charge >= 0.3 is 0 Å². The van der Waals surface area contributed by atoms with Crippen molar-refractivity contribution in [2.75, 3.05) is 16.8 Å². The van der Waals surface area contributed by atoms with E-state index >= 15 is 0 Å². The summed E-state index contributed by atoms with van der Waals surface area (Å²) in [6.07, 6.45) is 0.933.